The highest BCUT2D eigenvalue weighted by Gasteiger charge is 1.98. The largest absolute Gasteiger partial charge is 0.279 e. The minimum atomic E-state index is 0.624. The van der Waals surface area contributed by atoms with Gasteiger partial charge in [0.1, 0.15) is 0 Å². The molecule has 0 heterocycles. The average molecular weight is 254 g/mol. The van der Waals surface area contributed by atoms with Crippen LogP contribution in [0.15, 0.2) is 53.5 Å². The van der Waals surface area contributed by atoms with E-state index < -0.39 is 0 Å². The van der Waals surface area contributed by atoms with E-state index in [1.807, 2.05) is 36.4 Å². The van der Waals surface area contributed by atoms with Crippen molar-refractivity contribution in [2.45, 2.75) is 6.42 Å². The van der Waals surface area contributed by atoms with E-state index in [0.29, 0.717) is 5.69 Å². The molecule has 0 saturated carbocycles. The van der Waals surface area contributed by atoms with Crippen LogP contribution in [0.5, 0.6) is 0 Å². The summed E-state index contributed by atoms with van der Waals surface area (Å²) >= 11 is 0. The van der Waals surface area contributed by atoms with E-state index in [-0.39, 0.29) is 0 Å². The van der Waals surface area contributed by atoms with Crippen molar-refractivity contribution in [3.05, 3.63) is 59.7 Å². The summed E-state index contributed by atoms with van der Waals surface area (Å²) in [6, 6.07) is 15.5. The molecule has 0 aliphatic rings. The first-order chi connectivity index (χ1) is 9.31. The lowest BCUT2D eigenvalue weighted by Crippen LogP contribution is -1.95. The van der Waals surface area contributed by atoms with Crippen molar-refractivity contribution in [1.29, 1.82) is 0 Å². The van der Waals surface area contributed by atoms with Crippen LogP contribution >= 0.6 is 0 Å². The van der Waals surface area contributed by atoms with Crippen LogP contribution in [0.1, 0.15) is 11.1 Å². The van der Waals surface area contributed by atoms with Crippen LogP contribution in [0.2, 0.25) is 0 Å². The fraction of sp³-hybridized carbons (Fsp3) is 0.133. The van der Waals surface area contributed by atoms with Gasteiger partial charge in [0.2, 0.25) is 6.08 Å². The second-order valence-corrected chi connectivity index (χ2v) is 4.05. The number of hydrogen-bond acceptors (Lipinski definition) is 4. The SMILES string of the molecule is CONc1ccc(Cc2ccc(N=C=O)cc2)cc1. The van der Waals surface area contributed by atoms with E-state index in [9.17, 15) is 4.79 Å². The van der Waals surface area contributed by atoms with Gasteiger partial charge in [0.05, 0.1) is 18.5 Å². The van der Waals surface area contributed by atoms with Crippen LogP contribution < -0.4 is 5.48 Å². The van der Waals surface area contributed by atoms with Gasteiger partial charge in [-0.3, -0.25) is 10.3 Å². The van der Waals surface area contributed by atoms with Crippen molar-refractivity contribution in [3.63, 3.8) is 0 Å². The van der Waals surface area contributed by atoms with Crippen molar-refractivity contribution in [1.82, 2.24) is 0 Å². The zero-order valence-corrected chi connectivity index (χ0v) is 10.6. The maximum atomic E-state index is 10.1. The Morgan fingerprint density at radius 3 is 2.16 bits per heavy atom. The van der Waals surface area contributed by atoms with Crippen LogP contribution in [-0.4, -0.2) is 13.2 Å². The topological polar surface area (TPSA) is 50.7 Å². The second kappa shape index (κ2) is 6.50. The number of anilines is 1. The first-order valence-electron chi connectivity index (χ1n) is 5.86. The molecule has 96 valence electrons. The summed E-state index contributed by atoms with van der Waals surface area (Å²) in [5.41, 5.74) is 6.68. The highest BCUT2D eigenvalue weighted by Crippen LogP contribution is 2.16. The monoisotopic (exact) mass is 254 g/mol. The molecule has 0 saturated heterocycles. The maximum Gasteiger partial charge on any atom is 0.240 e. The number of benzene rings is 2. The Bertz CT molecular complexity index is 570. The molecule has 0 amide bonds. The quantitative estimate of drug-likeness (QED) is 0.506. The Kier molecular flexibility index (Phi) is 4.45. The average Bonchev–Trinajstić information content (AvgIpc) is 2.44. The fourth-order valence-corrected chi connectivity index (χ4v) is 1.79. The van der Waals surface area contributed by atoms with Gasteiger partial charge in [-0.05, 0) is 41.8 Å². The molecular weight excluding hydrogens is 240 g/mol. The number of isocyanates is 1. The first-order valence-corrected chi connectivity index (χ1v) is 5.86. The molecule has 4 heteroatoms. The predicted molar refractivity (Wildman–Crippen MR) is 74.1 cm³/mol. The summed E-state index contributed by atoms with van der Waals surface area (Å²) in [7, 11) is 1.58. The minimum Gasteiger partial charge on any atom is -0.279 e. The Labute approximate surface area is 111 Å². The Morgan fingerprint density at radius 1 is 1.05 bits per heavy atom. The van der Waals surface area contributed by atoms with Gasteiger partial charge in [-0.2, -0.15) is 4.99 Å². The Hall–Kier alpha value is -2.42. The molecule has 0 aromatic heterocycles. The van der Waals surface area contributed by atoms with Gasteiger partial charge in [0, 0.05) is 0 Å². The Morgan fingerprint density at radius 2 is 1.63 bits per heavy atom. The van der Waals surface area contributed by atoms with Gasteiger partial charge in [-0.15, -0.1) is 0 Å². The third-order valence-corrected chi connectivity index (χ3v) is 2.69. The second-order valence-electron chi connectivity index (χ2n) is 4.05. The van der Waals surface area contributed by atoms with Crippen LogP contribution in [0.4, 0.5) is 11.4 Å². The number of carbonyl (C=O) groups excluding carboxylic acids is 1. The molecule has 0 aliphatic carbocycles. The van der Waals surface area contributed by atoms with E-state index in [0.717, 1.165) is 17.7 Å². The molecule has 0 bridgehead atoms. The van der Waals surface area contributed by atoms with Gasteiger partial charge < -0.3 is 0 Å². The minimum absolute atomic E-state index is 0.624. The van der Waals surface area contributed by atoms with E-state index in [4.69, 9.17) is 4.84 Å². The molecule has 19 heavy (non-hydrogen) atoms. The third kappa shape index (κ3) is 3.78. The van der Waals surface area contributed by atoms with E-state index in [1.54, 1.807) is 19.2 Å². The highest BCUT2D eigenvalue weighted by atomic mass is 16.6. The molecule has 2 aromatic rings. The molecule has 0 unspecified atom stereocenters. The zero-order chi connectivity index (χ0) is 13.5. The third-order valence-electron chi connectivity index (χ3n) is 2.69. The molecule has 0 aliphatic heterocycles. The zero-order valence-electron chi connectivity index (χ0n) is 10.6. The summed E-state index contributed by atoms with van der Waals surface area (Å²) < 4.78 is 0. The number of rotatable bonds is 5. The van der Waals surface area contributed by atoms with Crippen molar-refractivity contribution >= 4 is 17.5 Å². The van der Waals surface area contributed by atoms with Gasteiger partial charge in [0.25, 0.3) is 0 Å². The molecule has 0 spiro atoms. The standard InChI is InChI=1S/C15H14N2O2/c1-19-17-15-8-4-13(5-9-15)10-12-2-6-14(7-3-12)16-11-18/h2-9,17H,10H2,1H3. The van der Waals surface area contributed by atoms with Crippen molar-refractivity contribution < 1.29 is 9.63 Å². The lowest BCUT2D eigenvalue weighted by molar-refractivity contribution is 0.271. The molecule has 2 rings (SSSR count). The van der Waals surface area contributed by atoms with Crippen molar-refractivity contribution in [3.8, 4) is 0 Å². The molecular formula is C15H14N2O2. The predicted octanol–water partition coefficient (Wildman–Crippen LogP) is 3.22. The normalized spacial score (nSPS) is 9.74. The van der Waals surface area contributed by atoms with Crippen molar-refractivity contribution in [2.24, 2.45) is 4.99 Å². The van der Waals surface area contributed by atoms with E-state index >= 15 is 0 Å². The van der Waals surface area contributed by atoms with E-state index in [2.05, 4.69) is 10.5 Å². The fourth-order valence-electron chi connectivity index (χ4n) is 1.79. The molecule has 2 aromatic carbocycles. The van der Waals surface area contributed by atoms with Crippen LogP contribution in [-0.2, 0) is 16.1 Å². The van der Waals surface area contributed by atoms with Crippen LogP contribution in [0.25, 0.3) is 0 Å². The first kappa shape index (κ1) is 13.0. The molecule has 0 atom stereocenters. The lowest BCUT2D eigenvalue weighted by atomic mass is 10.0. The van der Waals surface area contributed by atoms with Gasteiger partial charge in [-0.25, -0.2) is 4.79 Å². The highest BCUT2D eigenvalue weighted by molar-refractivity contribution is 5.49. The summed E-state index contributed by atoms with van der Waals surface area (Å²) in [5, 5.41) is 0. The maximum absolute atomic E-state index is 10.1. The van der Waals surface area contributed by atoms with Gasteiger partial charge in [-0.1, -0.05) is 24.3 Å². The number of nitrogens with one attached hydrogen (secondary N) is 1. The molecule has 0 radical (unpaired) electrons. The number of nitrogens with zero attached hydrogens (tertiary/aromatic N) is 1. The molecule has 4 nitrogen and oxygen atoms in total. The lowest BCUT2D eigenvalue weighted by Gasteiger charge is -2.05. The van der Waals surface area contributed by atoms with Crippen molar-refractivity contribution in [2.75, 3.05) is 12.6 Å². The smallest absolute Gasteiger partial charge is 0.240 e. The number of aliphatic imine (C=N–C) groups is 1. The molecule has 1 N–H and O–H groups in total. The Balaban J connectivity index is 2.05. The van der Waals surface area contributed by atoms with Gasteiger partial charge in [0.15, 0.2) is 0 Å². The summed E-state index contributed by atoms with van der Waals surface area (Å²) in [4.78, 5) is 18.5. The summed E-state index contributed by atoms with van der Waals surface area (Å²) in [6.45, 7) is 0. The van der Waals surface area contributed by atoms with Gasteiger partial charge >= 0.3 is 0 Å². The van der Waals surface area contributed by atoms with E-state index in [1.165, 1.54) is 11.6 Å². The number of hydrogen-bond donors (Lipinski definition) is 1. The summed E-state index contributed by atoms with van der Waals surface area (Å²) in [6.07, 6.45) is 2.36. The van der Waals surface area contributed by atoms with Crippen LogP contribution in [0.3, 0.4) is 0 Å². The van der Waals surface area contributed by atoms with Crippen LogP contribution in [0, 0.1) is 0 Å². The molecule has 0 fully saturated rings. The summed E-state index contributed by atoms with van der Waals surface area (Å²) in [5.74, 6) is 0.